The van der Waals surface area contributed by atoms with Crippen LogP contribution >= 0.6 is 0 Å². The van der Waals surface area contributed by atoms with Crippen molar-refractivity contribution in [2.24, 2.45) is 5.73 Å². The molecular formula is C12H17F2NO. The molecule has 0 spiro atoms. The zero-order valence-corrected chi connectivity index (χ0v) is 9.54. The Balaban J connectivity index is 2.85. The molecule has 1 aromatic rings. The highest BCUT2D eigenvalue weighted by Crippen LogP contribution is 2.21. The predicted octanol–water partition coefficient (Wildman–Crippen LogP) is 2.78. The lowest BCUT2D eigenvalue weighted by Crippen LogP contribution is -2.28. The third-order valence-electron chi connectivity index (χ3n) is 2.61. The molecular weight excluding hydrogens is 212 g/mol. The van der Waals surface area contributed by atoms with E-state index in [-0.39, 0.29) is 6.10 Å². The van der Waals surface area contributed by atoms with Crippen LogP contribution in [0.4, 0.5) is 8.78 Å². The van der Waals surface area contributed by atoms with Gasteiger partial charge in [0.15, 0.2) is 11.6 Å². The van der Waals surface area contributed by atoms with Gasteiger partial charge in [0.05, 0.1) is 12.1 Å². The topological polar surface area (TPSA) is 35.2 Å². The lowest BCUT2D eigenvalue weighted by atomic mass is 9.99. The lowest BCUT2D eigenvalue weighted by Gasteiger charge is -2.22. The minimum atomic E-state index is -0.876. The molecule has 0 fully saturated rings. The number of halogens is 2. The van der Waals surface area contributed by atoms with Crippen LogP contribution < -0.4 is 5.73 Å². The predicted molar refractivity (Wildman–Crippen MR) is 59.0 cm³/mol. The first-order chi connectivity index (χ1) is 7.60. The van der Waals surface area contributed by atoms with Crippen LogP contribution in [-0.2, 0) is 4.74 Å². The Kier molecular flexibility index (Phi) is 4.83. The minimum absolute atomic E-state index is 0.171. The van der Waals surface area contributed by atoms with E-state index in [1.807, 2.05) is 6.92 Å². The van der Waals surface area contributed by atoms with Crippen molar-refractivity contribution in [2.75, 3.05) is 7.11 Å². The Morgan fingerprint density at radius 2 is 2.00 bits per heavy atom. The summed E-state index contributed by atoms with van der Waals surface area (Å²) in [6.45, 7) is 2.02. The van der Waals surface area contributed by atoms with Gasteiger partial charge in [0.25, 0.3) is 0 Å². The van der Waals surface area contributed by atoms with E-state index in [4.69, 9.17) is 10.5 Å². The summed E-state index contributed by atoms with van der Waals surface area (Å²) in [6.07, 6.45) is 1.54. The van der Waals surface area contributed by atoms with E-state index < -0.39 is 17.7 Å². The van der Waals surface area contributed by atoms with Gasteiger partial charge in [-0.25, -0.2) is 8.78 Å². The van der Waals surface area contributed by atoms with E-state index in [2.05, 4.69) is 0 Å². The lowest BCUT2D eigenvalue weighted by molar-refractivity contribution is 0.0724. The SMILES string of the molecule is CCCC(OC)C(N)c1ccc(F)c(F)c1. The standard InChI is InChI=1S/C12H17F2NO/c1-3-4-11(16-2)12(15)8-5-6-9(13)10(14)7-8/h5-7,11-12H,3-4,15H2,1-2H3. The second-order valence-electron chi connectivity index (χ2n) is 3.76. The van der Waals surface area contributed by atoms with Crippen molar-refractivity contribution in [3.63, 3.8) is 0 Å². The van der Waals surface area contributed by atoms with Gasteiger partial charge in [-0.2, -0.15) is 0 Å². The Bertz CT molecular complexity index is 344. The van der Waals surface area contributed by atoms with Crippen LogP contribution in [-0.4, -0.2) is 13.2 Å². The molecule has 0 aliphatic carbocycles. The fourth-order valence-electron chi connectivity index (χ4n) is 1.66. The van der Waals surface area contributed by atoms with Crippen molar-refractivity contribution in [3.8, 4) is 0 Å². The minimum Gasteiger partial charge on any atom is -0.379 e. The Labute approximate surface area is 94.4 Å². The van der Waals surface area contributed by atoms with Crippen LogP contribution in [0.2, 0.25) is 0 Å². The number of hydrogen-bond donors (Lipinski definition) is 1. The molecule has 0 saturated carbocycles. The summed E-state index contributed by atoms with van der Waals surface area (Å²) in [7, 11) is 1.57. The van der Waals surface area contributed by atoms with E-state index in [0.29, 0.717) is 5.56 Å². The van der Waals surface area contributed by atoms with Gasteiger partial charge in [0.2, 0.25) is 0 Å². The van der Waals surface area contributed by atoms with Gasteiger partial charge in [-0.15, -0.1) is 0 Å². The van der Waals surface area contributed by atoms with E-state index in [1.54, 1.807) is 7.11 Å². The Morgan fingerprint density at radius 1 is 1.31 bits per heavy atom. The van der Waals surface area contributed by atoms with Crippen LogP contribution in [0, 0.1) is 11.6 Å². The second kappa shape index (κ2) is 5.92. The summed E-state index contributed by atoms with van der Waals surface area (Å²) in [6, 6.07) is 3.27. The molecule has 0 radical (unpaired) electrons. The van der Waals surface area contributed by atoms with Crippen LogP contribution in [0.1, 0.15) is 31.4 Å². The highest BCUT2D eigenvalue weighted by atomic mass is 19.2. The number of hydrogen-bond acceptors (Lipinski definition) is 2. The van der Waals surface area contributed by atoms with Gasteiger partial charge < -0.3 is 10.5 Å². The molecule has 0 aromatic heterocycles. The van der Waals surface area contributed by atoms with Crippen molar-refractivity contribution in [1.29, 1.82) is 0 Å². The molecule has 2 unspecified atom stereocenters. The Hall–Kier alpha value is -1.00. The molecule has 2 N–H and O–H groups in total. The maximum atomic E-state index is 13.0. The molecule has 0 bridgehead atoms. The smallest absolute Gasteiger partial charge is 0.159 e. The number of benzene rings is 1. The molecule has 4 heteroatoms. The normalized spacial score (nSPS) is 14.8. The van der Waals surface area contributed by atoms with E-state index in [0.717, 1.165) is 25.0 Å². The fraction of sp³-hybridized carbons (Fsp3) is 0.500. The fourth-order valence-corrected chi connectivity index (χ4v) is 1.66. The van der Waals surface area contributed by atoms with E-state index in [9.17, 15) is 8.78 Å². The van der Waals surface area contributed by atoms with E-state index in [1.165, 1.54) is 6.07 Å². The van der Waals surface area contributed by atoms with Gasteiger partial charge in [0, 0.05) is 7.11 Å². The van der Waals surface area contributed by atoms with Crippen molar-refractivity contribution in [1.82, 2.24) is 0 Å². The van der Waals surface area contributed by atoms with Gasteiger partial charge in [-0.05, 0) is 24.1 Å². The molecule has 0 aliphatic rings. The van der Waals surface area contributed by atoms with Gasteiger partial charge in [-0.1, -0.05) is 19.4 Å². The first-order valence-electron chi connectivity index (χ1n) is 5.33. The number of methoxy groups -OCH3 is 1. The molecule has 1 rings (SSSR count). The molecule has 0 saturated heterocycles. The molecule has 90 valence electrons. The molecule has 2 atom stereocenters. The molecule has 1 aromatic carbocycles. The molecule has 0 amide bonds. The third kappa shape index (κ3) is 3.00. The van der Waals surface area contributed by atoms with Gasteiger partial charge in [0.1, 0.15) is 0 Å². The average Bonchev–Trinajstić information content (AvgIpc) is 2.28. The zero-order valence-electron chi connectivity index (χ0n) is 9.54. The van der Waals surface area contributed by atoms with Crippen molar-refractivity contribution in [3.05, 3.63) is 35.4 Å². The summed E-state index contributed by atoms with van der Waals surface area (Å²) >= 11 is 0. The van der Waals surface area contributed by atoms with Crippen molar-refractivity contribution < 1.29 is 13.5 Å². The maximum Gasteiger partial charge on any atom is 0.159 e. The highest BCUT2D eigenvalue weighted by Gasteiger charge is 2.19. The molecule has 2 nitrogen and oxygen atoms in total. The molecule has 16 heavy (non-hydrogen) atoms. The monoisotopic (exact) mass is 229 g/mol. The largest absolute Gasteiger partial charge is 0.379 e. The highest BCUT2D eigenvalue weighted by molar-refractivity contribution is 5.22. The Morgan fingerprint density at radius 3 is 2.50 bits per heavy atom. The van der Waals surface area contributed by atoms with E-state index >= 15 is 0 Å². The number of ether oxygens (including phenoxy) is 1. The van der Waals surface area contributed by atoms with Crippen molar-refractivity contribution >= 4 is 0 Å². The number of nitrogens with two attached hydrogens (primary N) is 1. The quantitative estimate of drug-likeness (QED) is 0.842. The first-order valence-corrected chi connectivity index (χ1v) is 5.33. The summed E-state index contributed by atoms with van der Waals surface area (Å²) in [5, 5.41) is 0. The van der Waals surface area contributed by atoms with Crippen LogP contribution in [0.25, 0.3) is 0 Å². The van der Waals surface area contributed by atoms with Gasteiger partial charge in [-0.3, -0.25) is 0 Å². The summed E-state index contributed by atoms with van der Waals surface area (Å²) in [5.74, 6) is -1.74. The van der Waals surface area contributed by atoms with Crippen LogP contribution in [0.3, 0.4) is 0 Å². The summed E-state index contributed by atoms with van der Waals surface area (Å²) in [4.78, 5) is 0. The summed E-state index contributed by atoms with van der Waals surface area (Å²) < 4.78 is 31.0. The summed E-state index contributed by atoms with van der Waals surface area (Å²) in [5.41, 5.74) is 6.50. The first kappa shape index (κ1) is 13.1. The zero-order chi connectivity index (χ0) is 12.1. The second-order valence-corrected chi connectivity index (χ2v) is 3.76. The third-order valence-corrected chi connectivity index (χ3v) is 2.61. The van der Waals surface area contributed by atoms with Crippen LogP contribution in [0.5, 0.6) is 0 Å². The van der Waals surface area contributed by atoms with Gasteiger partial charge >= 0.3 is 0 Å². The maximum absolute atomic E-state index is 13.0. The van der Waals surface area contributed by atoms with Crippen LogP contribution in [0.15, 0.2) is 18.2 Å². The van der Waals surface area contributed by atoms with Crippen molar-refractivity contribution in [2.45, 2.75) is 31.9 Å². The number of rotatable bonds is 5. The molecule has 0 aliphatic heterocycles. The average molecular weight is 229 g/mol. The molecule has 0 heterocycles.